The third-order valence-electron chi connectivity index (χ3n) is 2.91. The van der Waals surface area contributed by atoms with Crippen LogP contribution in [0.15, 0.2) is 28.9 Å². The van der Waals surface area contributed by atoms with Crippen LogP contribution in [0.4, 0.5) is 5.69 Å². The van der Waals surface area contributed by atoms with E-state index >= 15 is 0 Å². The number of anilines is 1. The minimum atomic E-state index is 0.644. The highest BCUT2D eigenvalue weighted by atomic mass is 79.9. The maximum absolute atomic E-state index is 6.24. The molecule has 1 aromatic heterocycles. The molecule has 0 radical (unpaired) electrons. The third kappa shape index (κ3) is 3.51. The smallest absolute Gasteiger partial charge is 0.117 e. The third-order valence-corrected chi connectivity index (χ3v) is 3.72. The fraction of sp³-hybridized carbons (Fsp3) is 0.357. The number of halogens is 2. The van der Waals surface area contributed by atoms with Gasteiger partial charge >= 0.3 is 0 Å². The maximum Gasteiger partial charge on any atom is 0.117 e. The van der Waals surface area contributed by atoms with E-state index in [9.17, 15) is 0 Å². The Labute approximate surface area is 126 Å². The minimum absolute atomic E-state index is 0.644. The molecule has 0 amide bonds. The van der Waals surface area contributed by atoms with Crippen LogP contribution in [-0.4, -0.2) is 9.78 Å². The van der Waals surface area contributed by atoms with Gasteiger partial charge in [0.25, 0.3) is 0 Å². The lowest BCUT2D eigenvalue weighted by Gasteiger charge is -2.04. The van der Waals surface area contributed by atoms with Gasteiger partial charge in [0.1, 0.15) is 5.69 Å². The number of hydrogen-bond acceptors (Lipinski definition) is 2. The lowest BCUT2D eigenvalue weighted by molar-refractivity contribution is 0.488. The summed E-state index contributed by atoms with van der Waals surface area (Å²) in [4.78, 5) is 0. The molecule has 1 aromatic carbocycles. The Hall–Kier alpha value is -1.00. The van der Waals surface area contributed by atoms with Crippen molar-refractivity contribution in [1.82, 2.24) is 9.78 Å². The van der Waals surface area contributed by atoms with Crippen LogP contribution < -0.4 is 5.73 Å². The first-order chi connectivity index (χ1) is 8.97. The van der Waals surface area contributed by atoms with Crippen molar-refractivity contribution < 1.29 is 0 Å². The quantitative estimate of drug-likeness (QED) is 0.883. The van der Waals surface area contributed by atoms with Crippen molar-refractivity contribution in [3.05, 3.63) is 33.9 Å². The van der Waals surface area contributed by atoms with Crippen LogP contribution in [0.3, 0.4) is 0 Å². The Kier molecular flexibility index (Phi) is 4.53. The van der Waals surface area contributed by atoms with E-state index in [1.54, 1.807) is 0 Å². The van der Waals surface area contributed by atoms with Gasteiger partial charge in [-0.25, -0.2) is 0 Å². The average Bonchev–Trinajstić information content (AvgIpc) is 2.68. The molecule has 2 N–H and O–H groups in total. The molecule has 102 valence electrons. The summed E-state index contributed by atoms with van der Waals surface area (Å²) < 4.78 is 2.84. The standard InChI is InChI=1S/C14H17BrClN3/c1-9(2)5-6-19-8-13(17)14(18-19)11-4-3-10(15)7-12(11)16/h3-4,7-9H,5-6,17H2,1-2H3. The molecule has 0 spiro atoms. The molecule has 0 fully saturated rings. The number of hydrogen-bond donors (Lipinski definition) is 1. The first-order valence-corrected chi connectivity index (χ1v) is 7.43. The van der Waals surface area contributed by atoms with Crippen molar-refractivity contribution in [3.8, 4) is 11.3 Å². The summed E-state index contributed by atoms with van der Waals surface area (Å²) in [5.41, 5.74) is 8.31. The zero-order chi connectivity index (χ0) is 14.0. The number of nitrogens with zero attached hydrogens (tertiary/aromatic N) is 2. The Morgan fingerprint density at radius 1 is 1.42 bits per heavy atom. The molecule has 2 aromatic rings. The van der Waals surface area contributed by atoms with Crippen molar-refractivity contribution >= 4 is 33.2 Å². The highest BCUT2D eigenvalue weighted by Crippen LogP contribution is 2.32. The van der Waals surface area contributed by atoms with Gasteiger partial charge in [-0.1, -0.05) is 47.4 Å². The second-order valence-electron chi connectivity index (χ2n) is 5.00. The van der Waals surface area contributed by atoms with Crippen LogP contribution >= 0.6 is 27.5 Å². The molecule has 1 heterocycles. The van der Waals surface area contributed by atoms with E-state index in [-0.39, 0.29) is 0 Å². The first-order valence-electron chi connectivity index (χ1n) is 6.25. The topological polar surface area (TPSA) is 43.8 Å². The van der Waals surface area contributed by atoms with E-state index in [4.69, 9.17) is 17.3 Å². The van der Waals surface area contributed by atoms with Crippen LogP contribution in [0.1, 0.15) is 20.3 Å². The molecular formula is C14H17BrClN3. The molecule has 2 rings (SSSR count). The van der Waals surface area contributed by atoms with Gasteiger partial charge in [-0.2, -0.15) is 5.10 Å². The summed E-state index contributed by atoms with van der Waals surface area (Å²) in [7, 11) is 0. The Bertz CT molecular complexity index is 578. The van der Waals surface area contributed by atoms with Crippen LogP contribution in [0, 0.1) is 5.92 Å². The average molecular weight is 343 g/mol. The molecule has 0 saturated carbocycles. The normalized spacial score (nSPS) is 11.2. The van der Waals surface area contributed by atoms with Crippen molar-refractivity contribution in [3.63, 3.8) is 0 Å². The zero-order valence-electron chi connectivity index (χ0n) is 11.0. The Morgan fingerprint density at radius 2 is 2.16 bits per heavy atom. The summed E-state index contributed by atoms with van der Waals surface area (Å²) in [6.07, 6.45) is 2.95. The molecule has 0 saturated heterocycles. The Balaban J connectivity index is 2.29. The first kappa shape index (κ1) is 14.4. The predicted octanol–water partition coefficient (Wildman–Crippen LogP) is 4.59. The number of rotatable bonds is 4. The highest BCUT2D eigenvalue weighted by Gasteiger charge is 2.12. The number of aryl methyl sites for hydroxylation is 1. The van der Waals surface area contributed by atoms with Gasteiger partial charge in [0.05, 0.1) is 10.7 Å². The summed E-state index contributed by atoms with van der Waals surface area (Å²) in [5, 5.41) is 5.18. The molecule has 0 bridgehead atoms. The number of nitrogen functional groups attached to an aromatic ring is 1. The van der Waals surface area contributed by atoms with Crippen molar-refractivity contribution in [2.75, 3.05) is 5.73 Å². The molecule has 0 aliphatic heterocycles. The van der Waals surface area contributed by atoms with Crippen LogP contribution in [0.2, 0.25) is 5.02 Å². The molecular weight excluding hydrogens is 326 g/mol. The van der Waals surface area contributed by atoms with Gasteiger partial charge in [-0.05, 0) is 24.5 Å². The zero-order valence-corrected chi connectivity index (χ0v) is 13.4. The van der Waals surface area contributed by atoms with Gasteiger partial charge < -0.3 is 5.73 Å². The maximum atomic E-state index is 6.24. The predicted molar refractivity (Wildman–Crippen MR) is 84.2 cm³/mol. The van der Waals surface area contributed by atoms with E-state index in [0.29, 0.717) is 16.6 Å². The van der Waals surface area contributed by atoms with E-state index in [2.05, 4.69) is 34.9 Å². The summed E-state index contributed by atoms with van der Waals surface area (Å²) >= 11 is 9.63. The van der Waals surface area contributed by atoms with E-state index in [1.165, 1.54) is 0 Å². The van der Waals surface area contributed by atoms with Crippen molar-refractivity contribution in [2.24, 2.45) is 5.92 Å². The molecule has 0 aliphatic carbocycles. The van der Waals surface area contributed by atoms with Crippen LogP contribution in [0.5, 0.6) is 0 Å². The minimum Gasteiger partial charge on any atom is -0.396 e. The summed E-state index contributed by atoms with van der Waals surface area (Å²) in [6, 6.07) is 5.72. The monoisotopic (exact) mass is 341 g/mol. The van der Waals surface area contributed by atoms with E-state index in [0.717, 1.165) is 28.7 Å². The summed E-state index contributed by atoms with van der Waals surface area (Å²) in [6.45, 7) is 5.26. The van der Waals surface area contributed by atoms with Crippen molar-refractivity contribution in [2.45, 2.75) is 26.8 Å². The Morgan fingerprint density at radius 3 is 2.79 bits per heavy atom. The fourth-order valence-corrected chi connectivity index (χ4v) is 2.60. The number of benzene rings is 1. The molecule has 19 heavy (non-hydrogen) atoms. The van der Waals surface area contributed by atoms with E-state index in [1.807, 2.05) is 29.1 Å². The van der Waals surface area contributed by atoms with Gasteiger partial charge in [-0.3, -0.25) is 4.68 Å². The van der Waals surface area contributed by atoms with E-state index < -0.39 is 0 Å². The number of aromatic nitrogens is 2. The lowest BCUT2D eigenvalue weighted by Crippen LogP contribution is -2.02. The molecule has 3 nitrogen and oxygen atoms in total. The second-order valence-corrected chi connectivity index (χ2v) is 6.33. The second kappa shape index (κ2) is 5.97. The highest BCUT2D eigenvalue weighted by molar-refractivity contribution is 9.10. The molecule has 0 aliphatic rings. The lowest BCUT2D eigenvalue weighted by atomic mass is 10.1. The SMILES string of the molecule is CC(C)CCn1cc(N)c(-c2ccc(Br)cc2Cl)n1. The molecule has 0 atom stereocenters. The van der Waals surface area contributed by atoms with Gasteiger partial charge in [-0.15, -0.1) is 0 Å². The molecule has 5 heteroatoms. The largest absolute Gasteiger partial charge is 0.396 e. The van der Waals surface area contributed by atoms with Crippen LogP contribution in [-0.2, 0) is 6.54 Å². The van der Waals surface area contributed by atoms with Crippen LogP contribution in [0.25, 0.3) is 11.3 Å². The van der Waals surface area contributed by atoms with Gasteiger partial charge in [0.15, 0.2) is 0 Å². The fourth-order valence-electron chi connectivity index (χ4n) is 1.83. The van der Waals surface area contributed by atoms with Gasteiger partial charge in [0.2, 0.25) is 0 Å². The number of nitrogens with two attached hydrogens (primary N) is 1. The molecule has 0 unspecified atom stereocenters. The van der Waals surface area contributed by atoms with Gasteiger partial charge in [0, 0.05) is 22.8 Å². The summed E-state index contributed by atoms with van der Waals surface area (Å²) in [5.74, 6) is 0.644. The van der Waals surface area contributed by atoms with Crippen molar-refractivity contribution in [1.29, 1.82) is 0 Å².